The molecule has 0 saturated carbocycles. The van der Waals surface area contributed by atoms with Gasteiger partial charge in [-0.15, -0.1) is 0 Å². The smallest absolute Gasteiger partial charge is 0.280 e. The Bertz CT molecular complexity index is 621. The van der Waals surface area contributed by atoms with Gasteiger partial charge in [-0.05, 0) is 24.3 Å². The summed E-state index contributed by atoms with van der Waals surface area (Å²) in [5.41, 5.74) is 0. The van der Waals surface area contributed by atoms with Crippen molar-refractivity contribution in [2.45, 2.75) is 9.48 Å². The summed E-state index contributed by atoms with van der Waals surface area (Å²) >= 11 is 5.42. The number of alkyl halides is 2. The molecule has 0 unspecified atom stereocenters. The molecule has 0 aliphatic carbocycles. The number of sulfone groups is 1. The Morgan fingerprint density at radius 1 is 1.06 bits per heavy atom. The zero-order valence-corrected chi connectivity index (χ0v) is 10.2. The molecule has 10 heteroatoms. The number of rotatable bonds is 3. The lowest BCUT2D eigenvalue weighted by atomic mass is 10.4. The Labute approximate surface area is 101 Å². The van der Waals surface area contributed by atoms with Gasteiger partial charge in [0.05, 0.1) is 4.90 Å². The molecule has 0 spiro atoms. The van der Waals surface area contributed by atoms with Crippen molar-refractivity contribution < 1.29 is 30.2 Å². The molecule has 1 N–H and O–H groups in total. The van der Waals surface area contributed by atoms with Gasteiger partial charge in [-0.2, -0.15) is 17.2 Å². The minimum Gasteiger partial charge on any atom is -0.280 e. The lowest BCUT2D eigenvalue weighted by Gasteiger charge is -2.13. The average molecular weight is 307 g/mol. The SMILES string of the molecule is O=S(=O)(O)C(F)(F)S(=O)(=O)c1ccc(Cl)cc1. The Kier molecular flexibility index (Phi) is 3.50. The lowest BCUT2D eigenvalue weighted by molar-refractivity contribution is 0.166. The van der Waals surface area contributed by atoms with Crippen LogP contribution < -0.4 is 0 Å². The standard InChI is InChI=1S/C7H5ClF2O5S2/c8-5-1-3-6(4-2-5)16(11,12)7(9,10)17(13,14)15/h1-4H,(H,13,14,15). The highest BCUT2D eigenvalue weighted by Crippen LogP contribution is 2.33. The molecule has 0 amide bonds. The van der Waals surface area contributed by atoms with E-state index in [1.54, 1.807) is 0 Å². The molecule has 0 bridgehead atoms. The highest BCUT2D eigenvalue weighted by atomic mass is 35.5. The largest absolute Gasteiger partial charge is 0.474 e. The first-order chi connectivity index (χ1) is 7.50. The summed E-state index contributed by atoms with van der Waals surface area (Å²) in [6.07, 6.45) is 0. The van der Waals surface area contributed by atoms with Crippen LogP contribution in [0.25, 0.3) is 0 Å². The van der Waals surface area contributed by atoms with Gasteiger partial charge in [-0.1, -0.05) is 11.6 Å². The van der Waals surface area contributed by atoms with Crippen molar-refractivity contribution in [1.82, 2.24) is 0 Å². The Morgan fingerprint density at radius 2 is 1.47 bits per heavy atom. The third kappa shape index (κ3) is 2.41. The molecule has 1 aromatic rings. The normalized spacial score (nSPS) is 13.6. The quantitative estimate of drug-likeness (QED) is 0.856. The van der Waals surface area contributed by atoms with Crippen molar-refractivity contribution in [2.24, 2.45) is 0 Å². The van der Waals surface area contributed by atoms with Crippen LogP contribution in [0.5, 0.6) is 0 Å². The summed E-state index contributed by atoms with van der Waals surface area (Å²) in [5, 5.41) is 0.0825. The van der Waals surface area contributed by atoms with Gasteiger partial charge in [0, 0.05) is 5.02 Å². The average Bonchev–Trinajstić information content (AvgIpc) is 2.16. The van der Waals surface area contributed by atoms with Crippen LogP contribution in [-0.2, 0) is 20.0 Å². The molecule has 0 saturated heterocycles. The van der Waals surface area contributed by atoms with Crippen LogP contribution in [-0.4, -0.2) is 26.0 Å². The Balaban J connectivity index is 3.45. The highest BCUT2D eigenvalue weighted by Gasteiger charge is 2.57. The topological polar surface area (TPSA) is 88.5 Å². The van der Waals surface area contributed by atoms with Crippen LogP contribution in [0.15, 0.2) is 29.2 Å². The number of benzene rings is 1. The molecular formula is C7H5ClF2O5S2. The van der Waals surface area contributed by atoms with E-state index in [2.05, 4.69) is 0 Å². The zero-order valence-electron chi connectivity index (χ0n) is 7.84. The molecule has 1 rings (SSSR count). The van der Waals surface area contributed by atoms with E-state index in [9.17, 15) is 25.6 Å². The molecule has 0 aliphatic rings. The fraction of sp³-hybridized carbons (Fsp3) is 0.143. The van der Waals surface area contributed by atoms with Gasteiger partial charge in [-0.25, -0.2) is 8.42 Å². The molecular weight excluding hydrogens is 302 g/mol. The second-order valence-electron chi connectivity index (χ2n) is 2.90. The van der Waals surface area contributed by atoms with Gasteiger partial charge in [0.2, 0.25) is 0 Å². The Hall–Kier alpha value is -0.770. The van der Waals surface area contributed by atoms with Gasteiger partial charge < -0.3 is 0 Å². The summed E-state index contributed by atoms with van der Waals surface area (Å²) in [6.45, 7) is 0. The summed E-state index contributed by atoms with van der Waals surface area (Å²) in [5.74, 6) is 0. The van der Waals surface area contributed by atoms with Crippen LogP contribution in [0.4, 0.5) is 8.78 Å². The minimum absolute atomic E-state index is 0.0825. The summed E-state index contributed by atoms with van der Waals surface area (Å²) in [4.78, 5) is -0.968. The van der Waals surface area contributed by atoms with Crippen molar-refractivity contribution in [3.05, 3.63) is 29.3 Å². The maximum atomic E-state index is 13.0. The van der Waals surface area contributed by atoms with Gasteiger partial charge in [-0.3, -0.25) is 4.55 Å². The summed E-state index contributed by atoms with van der Waals surface area (Å²) < 4.78 is 72.2. The van der Waals surface area contributed by atoms with E-state index in [1.807, 2.05) is 0 Å². The second-order valence-corrected chi connectivity index (χ2v) is 7.04. The molecule has 0 heterocycles. The van der Waals surface area contributed by atoms with Crippen molar-refractivity contribution in [1.29, 1.82) is 0 Å². The van der Waals surface area contributed by atoms with Crippen LogP contribution >= 0.6 is 11.6 Å². The Morgan fingerprint density at radius 3 is 1.82 bits per heavy atom. The lowest BCUT2D eigenvalue weighted by Crippen LogP contribution is -2.37. The zero-order chi connectivity index (χ0) is 13.5. The van der Waals surface area contributed by atoms with Crippen molar-refractivity contribution in [3.8, 4) is 0 Å². The molecule has 0 fully saturated rings. The maximum absolute atomic E-state index is 13.0. The van der Waals surface area contributed by atoms with Crippen molar-refractivity contribution in [3.63, 3.8) is 0 Å². The fourth-order valence-corrected chi connectivity index (χ4v) is 3.18. The first kappa shape index (κ1) is 14.3. The van der Waals surface area contributed by atoms with E-state index in [4.69, 9.17) is 16.2 Å². The second kappa shape index (κ2) is 4.16. The third-order valence-electron chi connectivity index (χ3n) is 1.74. The van der Waals surface area contributed by atoms with Crippen LogP contribution in [0.2, 0.25) is 5.02 Å². The van der Waals surface area contributed by atoms with Gasteiger partial charge in [0.15, 0.2) is 0 Å². The summed E-state index contributed by atoms with van der Waals surface area (Å²) in [6, 6.07) is 3.40. The highest BCUT2D eigenvalue weighted by molar-refractivity contribution is 8.07. The molecule has 0 radical (unpaired) electrons. The number of hydrogen-bond acceptors (Lipinski definition) is 4. The molecule has 5 nitrogen and oxygen atoms in total. The minimum atomic E-state index is -6.07. The van der Waals surface area contributed by atoms with Crippen LogP contribution in [0, 0.1) is 0 Å². The van der Waals surface area contributed by atoms with E-state index >= 15 is 0 Å². The fourth-order valence-electron chi connectivity index (χ4n) is 0.890. The van der Waals surface area contributed by atoms with Crippen molar-refractivity contribution >= 4 is 31.6 Å². The summed E-state index contributed by atoms with van der Waals surface area (Å²) in [7, 11) is -11.6. The van der Waals surface area contributed by atoms with E-state index in [1.165, 1.54) is 0 Å². The molecule has 0 aliphatic heterocycles. The monoisotopic (exact) mass is 306 g/mol. The molecule has 1 aromatic carbocycles. The maximum Gasteiger partial charge on any atom is 0.474 e. The van der Waals surface area contributed by atoms with Gasteiger partial charge in [0.1, 0.15) is 0 Å². The molecule has 0 aromatic heterocycles. The van der Waals surface area contributed by atoms with E-state index < -0.39 is 29.4 Å². The molecule has 17 heavy (non-hydrogen) atoms. The molecule has 96 valence electrons. The number of hydrogen-bond donors (Lipinski definition) is 1. The van der Waals surface area contributed by atoms with Crippen molar-refractivity contribution in [2.75, 3.05) is 0 Å². The van der Waals surface area contributed by atoms with Crippen LogP contribution in [0.3, 0.4) is 0 Å². The predicted molar refractivity (Wildman–Crippen MR) is 55.1 cm³/mol. The third-order valence-corrected chi connectivity index (χ3v) is 5.40. The van der Waals surface area contributed by atoms with Crippen LogP contribution in [0.1, 0.15) is 0 Å². The first-order valence-corrected chi connectivity index (χ1v) is 7.15. The van der Waals surface area contributed by atoms with Gasteiger partial charge >= 0.3 is 14.7 Å². The first-order valence-electron chi connectivity index (χ1n) is 3.85. The van der Waals surface area contributed by atoms with Gasteiger partial charge in [0.25, 0.3) is 9.84 Å². The predicted octanol–water partition coefficient (Wildman–Crippen LogP) is 1.55. The van der Waals surface area contributed by atoms with E-state index in [0.717, 1.165) is 12.1 Å². The van der Waals surface area contributed by atoms with E-state index in [-0.39, 0.29) is 5.02 Å². The molecule has 0 atom stereocenters. The van der Waals surface area contributed by atoms with E-state index in [0.29, 0.717) is 12.1 Å². The number of halogens is 3.